The molecule has 0 spiro atoms. The minimum Gasteiger partial charge on any atom is -0.463 e. The van der Waals surface area contributed by atoms with Crippen molar-refractivity contribution in [3.05, 3.63) is 11.6 Å². The number of fused-ring (bicyclic) bond motifs is 7. The third-order valence-electron chi connectivity index (χ3n) is 25.0. The molecule has 30 nitrogen and oxygen atoms in total. The van der Waals surface area contributed by atoms with Gasteiger partial charge in [-0.05, 0) is 123 Å². The van der Waals surface area contributed by atoms with Gasteiger partial charge in [-0.25, -0.2) is 0 Å². The second-order valence-electron chi connectivity index (χ2n) is 31.6. The van der Waals surface area contributed by atoms with E-state index in [1.807, 2.05) is 0 Å². The van der Waals surface area contributed by atoms with E-state index >= 15 is 4.79 Å². The van der Waals surface area contributed by atoms with Gasteiger partial charge in [-0.15, -0.1) is 0 Å². The van der Waals surface area contributed by atoms with Crippen molar-refractivity contribution in [3.8, 4) is 0 Å². The highest BCUT2D eigenvalue weighted by Crippen LogP contribution is 2.76. The van der Waals surface area contributed by atoms with Gasteiger partial charge in [-0.2, -0.15) is 0 Å². The average molecular weight is 1380 g/mol. The molecule has 15 N–H and O–H groups in total. The molecule has 11 aliphatic rings. The number of carbonyl (C=O) groups excluding carboxylic acids is 2. The summed E-state index contributed by atoms with van der Waals surface area (Å²) in [6.07, 6.45) is -36.2. The summed E-state index contributed by atoms with van der Waals surface area (Å²) in [7, 11) is 0. The van der Waals surface area contributed by atoms with Gasteiger partial charge in [0.1, 0.15) is 129 Å². The summed E-state index contributed by atoms with van der Waals surface area (Å²) in [6, 6.07) is 0. The zero-order valence-electron chi connectivity index (χ0n) is 56.3. The third-order valence-corrected chi connectivity index (χ3v) is 25.0. The predicted molar refractivity (Wildman–Crippen MR) is 323 cm³/mol. The lowest BCUT2D eigenvalue weighted by atomic mass is 9.33. The van der Waals surface area contributed by atoms with Crippen molar-refractivity contribution >= 4 is 11.9 Å². The zero-order valence-corrected chi connectivity index (χ0v) is 56.3. The number of rotatable bonds is 15. The van der Waals surface area contributed by atoms with Crippen molar-refractivity contribution in [3.63, 3.8) is 0 Å². The molecule has 0 aromatic heterocycles. The van der Waals surface area contributed by atoms with Gasteiger partial charge in [0.15, 0.2) is 31.5 Å². The Labute approximate surface area is 557 Å². The number of allylic oxidation sites excluding steroid dienone is 2. The van der Waals surface area contributed by atoms with E-state index in [0.29, 0.717) is 38.5 Å². The first-order valence-corrected chi connectivity index (χ1v) is 34.3. The number of ether oxygens (including phenoxy) is 13. The lowest BCUT2D eigenvalue weighted by Gasteiger charge is -2.71. The fourth-order valence-corrected chi connectivity index (χ4v) is 18.9. The maximum Gasteiger partial charge on any atom is 0.315 e. The Kier molecular flexibility index (Phi) is 21.8. The molecule has 0 bridgehead atoms. The third kappa shape index (κ3) is 13.2. The molecule has 96 heavy (non-hydrogen) atoms. The van der Waals surface area contributed by atoms with Crippen molar-refractivity contribution < 1.29 is 148 Å². The minimum atomic E-state index is -1.93. The van der Waals surface area contributed by atoms with E-state index in [4.69, 9.17) is 61.6 Å². The highest BCUT2D eigenvalue weighted by atomic mass is 16.8. The van der Waals surface area contributed by atoms with E-state index in [1.165, 1.54) is 19.4 Å². The van der Waals surface area contributed by atoms with Crippen molar-refractivity contribution in [2.45, 2.75) is 312 Å². The first-order chi connectivity index (χ1) is 44.9. The Morgan fingerprint density at radius 2 is 1.07 bits per heavy atom. The van der Waals surface area contributed by atoms with Gasteiger partial charge in [0.2, 0.25) is 6.29 Å². The van der Waals surface area contributed by atoms with Crippen molar-refractivity contribution in [2.24, 2.45) is 50.2 Å². The van der Waals surface area contributed by atoms with Gasteiger partial charge >= 0.3 is 11.9 Å². The van der Waals surface area contributed by atoms with Crippen LogP contribution in [0.4, 0.5) is 0 Å². The number of esters is 2. The van der Waals surface area contributed by atoms with Crippen molar-refractivity contribution in [1.82, 2.24) is 0 Å². The Bertz CT molecular complexity index is 2740. The maximum absolute atomic E-state index is 15.4. The molecule has 11 rings (SSSR count). The van der Waals surface area contributed by atoms with Crippen LogP contribution in [0.5, 0.6) is 0 Å². The minimum absolute atomic E-state index is 0.106. The summed E-state index contributed by atoms with van der Waals surface area (Å²) in [5.41, 5.74) is -1.47. The molecule has 0 radical (unpaired) electrons. The molecule has 36 unspecified atom stereocenters. The molecule has 36 atom stereocenters. The summed E-state index contributed by atoms with van der Waals surface area (Å²) in [6.45, 7) is 18.0. The van der Waals surface area contributed by atoms with E-state index in [2.05, 4.69) is 54.5 Å². The van der Waals surface area contributed by atoms with Crippen LogP contribution in [-0.4, -0.2) is 293 Å². The number of carbonyl (C=O) groups is 2. The maximum atomic E-state index is 15.4. The molecule has 5 aliphatic carbocycles. The van der Waals surface area contributed by atoms with Crippen LogP contribution in [-0.2, 0) is 71.2 Å². The monoisotopic (exact) mass is 1380 g/mol. The topological polar surface area (TPSA) is 458 Å². The molecule has 550 valence electrons. The zero-order chi connectivity index (χ0) is 70.0. The summed E-state index contributed by atoms with van der Waals surface area (Å²) in [4.78, 5) is 27.3. The fraction of sp³-hybridized carbons (Fsp3) is 0.939. The van der Waals surface area contributed by atoms with Gasteiger partial charge in [0.25, 0.3) is 0 Å². The molecule has 0 aromatic carbocycles. The molecule has 6 heterocycles. The summed E-state index contributed by atoms with van der Waals surface area (Å²) >= 11 is 0. The van der Waals surface area contributed by atoms with E-state index < -0.39 is 226 Å². The van der Waals surface area contributed by atoms with Gasteiger partial charge in [-0.1, -0.05) is 60.1 Å². The summed E-state index contributed by atoms with van der Waals surface area (Å²) < 4.78 is 77.1. The Hall–Kier alpha value is -2.36. The molecule has 0 amide bonds. The molecule has 30 heteroatoms. The van der Waals surface area contributed by atoms with Crippen LogP contribution in [0.15, 0.2) is 11.6 Å². The number of hydrogen-bond acceptors (Lipinski definition) is 30. The van der Waals surface area contributed by atoms with E-state index in [9.17, 15) is 81.4 Å². The first-order valence-electron chi connectivity index (χ1n) is 34.3. The van der Waals surface area contributed by atoms with E-state index in [1.54, 1.807) is 0 Å². The van der Waals surface area contributed by atoms with Crippen LogP contribution in [0.2, 0.25) is 0 Å². The van der Waals surface area contributed by atoms with E-state index in [0.717, 1.165) is 32.6 Å². The van der Waals surface area contributed by atoms with Crippen molar-refractivity contribution in [1.29, 1.82) is 0 Å². The largest absolute Gasteiger partial charge is 0.463 e. The van der Waals surface area contributed by atoms with Gasteiger partial charge in [0.05, 0.1) is 43.5 Å². The fourth-order valence-electron chi connectivity index (χ4n) is 18.9. The van der Waals surface area contributed by atoms with E-state index in [-0.39, 0.29) is 40.6 Å². The van der Waals surface area contributed by atoms with Gasteiger partial charge in [0, 0.05) is 6.92 Å². The van der Waals surface area contributed by atoms with Crippen LogP contribution in [0, 0.1) is 50.2 Å². The number of hydrogen-bond donors (Lipinski definition) is 15. The van der Waals surface area contributed by atoms with Gasteiger partial charge < -0.3 is 138 Å². The molecule has 4 saturated carbocycles. The normalized spacial score (nSPS) is 53.3. The lowest BCUT2D eigenvalue weighted by molar-refractivity contribution is -0.378. The summed E-state index contributed by atoms with van der Waals surface area (Å²) in [5.74, 6) is -1.39. The van der Waals surface area contributed by atoms with Crippen LogP contribution < -0.4 is 0 Å². The SMILES string of the molecule is CC(=O)OCC1OC(OCC2OC(OC(=O)C34CCC(C)(C)CC3C3=CCC5C6(C)CCC(OC7OCC(O)C(O)C7OC7OC(C)C(O)C(OC8OCC(O)C(O)C8O)C7O)C(C)(C)C6CCC5(C)C3(C)CC4)C(O)C(O)C2O)C(O)C(O)C1OC1OC(C)C(O)C(O)C1O. The Balaban J connectivity index is 0.767. The molecule has 0 aromatic rings. The molecular formula is C66H106O30. The standard InChI is InChI=1S/C66H106O30/c1-26-38(70)43(75)47(79)56(88-26)93-51-34(25-84-28(3)67)91-54(49(81)45(51)77)87-24-33-42(74)44(76)48(80)57(90-33)96-60(83)66-19-17-61(4,5)21-30(66)29-11-12-36-63(8)15-14-37(62(6,7)35(63)13-16-65(36,10)64(29,9)18-20-66)92-59-53(41(73)32(69)23-86-59)95-58-50(82)52(39(71)27(2)89-58)94-55-46(78)40(72)31(68)22-85-55/h11,26-27,30-59,68-82H,12-25H2,1-10H3. The number of aliphatic hydroxyl groups excluding tert-OH is 15. The lowest BCUT2D eigenvalue weighted by Crippen LogP contribution is -2.66. The summed E-state index contributed by atoms with van der Waals surface area (Å²) in [5, 5.41) is 164. The van der Waals surface area contributed by atoms with Crippen LogP contribution >= 0.6 is 0 Å². The van der Waals surface area contributed by atoms with Crippen LogP contribution in [0.3, 0.4) is 0 Å². The second kappa shape index (κ2) is 28.0. The molecule has 10 fully saturated rings. The highest BCUT2D eigenvalue weighted by molar-refractivity contribution is 5.79. The van der Waals surface area contributed by atoms with Crippen LogP contribution in [0.1, 0.15) is 133 Å². The smallest absolute Gasteiger partial charge is 0.315 e. The molecular weight excluding hydrogens is 1270 g/mol. The highest BCUT2D eigenvalue weighted by Gasteiger charge is 2.70. The van der Waals surface area contributed by atoms with Crippen LogP contribution in [0.25, 0.3) is 0 Å². The average Bonchev–Trinajstić information content (AvgIpc) is 0.676. The van der Waals surface area contributed by atoms with Gasteiger partial charge in [-0.3, -0.25) is 9.59 Å². The quantitative estimate of drug-likeness (QED) is 0.0458. The second-order valence-corrected chi connectivity index (χ2v) is 31.6. The Morgan fingerprint density at radius 3 is 1.76 bits per heavy atom. The number of aliphatic hydroxyl groups is 15. The van der Waals surface area contributed by atoms with Crippen molar-refractivity contribution in [2.75, 3.05) is 26.4 Å². The first kappa shape index (κ1) is 74.8. The predicted octanol–water partition coefficient (Wildman–Crippen LogP) is -2.48. The molecule has 6 aliphatic heterocycles. The molecule has 6 saturated heterocycles. The Morgan fingerprint density at radius 1 is 0.500 bits per heavy atom.